The summed E-state index contributed by atoms with van der Waals surface area (Å²) in [5, 5.41) is 0. The lowest BCUT2D eigenvalue weighted by Gasteiger charge is -2.27. The Morgan fingerprint density at radius 3 is 1.97 bits per heavy atom. The zero-order valence-corrected chi connectivity index (χ0v) is 20.8. The summed E-state index contributed by atoms with van der Waals surface area (Å²) in [5.74, 6) is -1.63. The quantitative estimate of drug-likeness (QED) is 0.470. The van der Waals surface area contributed by atoms with Crippen molar-refractivity contribution in [3.8, 4) is 5.75 Å². The van der Waals surface area contributed by atoms with Gasteiger partial charge in [-0.25, -0.2) is 8.42 Å². The summed E-state index contributed by atoms with van der Waals surface area (Å²) in [7, 11) is -2.77. The number of rotatable bonds is 7. The second kappa shape index (κ2) is 9.19. The Labute approximate surface area is 199 Å². The molecule has 0 aromatic heterocycles. The molecular weight excluding hydrogens is 460 g/mol. The molecule has 2 aromatic carbocycles. The molecule has 0 unspecified atom stereocenters. The Hall–Kier alpha value is -3.24. The number of methoxy groups -OCH3 is 1. The Kier molecular flexibility index (Phi) is 6.86. The SMILES string of the molecule is COc1cc(C)c(S(=O)(=O)N[C@H](CN2C(=O)c3ccccc3C2=O)C(=O)OC(C)(C)C)c(C)c1. The Bertz CT molecular complexity index is 1200. The largest absolute Gasteiger partial charge is 0.497 e. The molecule has 0 aliphatic carbocycles. The van der Waals surface area contributed by atoms with Crippen molar-refractivity contribution in [3.63, 3.8) is 0 Å². The molecule has 0 fully saturated rings. The van der Waals surface area contributed by atoms with E-state index in [1.807, 2.05) is 0 Å². The molecule has 1 heterocycles. The first-order valence-electron chi connectivity index (χ1n) is 10.6. The van der Waals surface area contributed by atoms with Gasteiger partial charge in [0, 0.05) is 0 Å². The van der Waals surface area contributed by atoms with E-state index in [9.17, 15) is 22.8 Å². The molecule has 34 heavy (non-hydrogen) atoms. The molecule has 3 rings (SSSR count). The van der Waals surface area contributed by atoms with Gasteiger partial charge < -0.3 is 9.47 Å². The van der Waals surface area contributed by atoms with E-state index in [1.54, 1.807) is 58.9 Å². The molecule has 1 atom stereocenters. The minimum Gasteiger partial charge on any atom is -0.497 e. The summed E-state index contributed by atoms with van der Waals surface area (Å²) in [5.41, 5.74) is 0.288. The topological polar surface area (TPSA) is 119 Å². The van der Waals surface area contributed by atoms with Gasteiger partial charge in [0.25, 0.3) is 11.8 Å². The number of ether oxygens (including phenoxy) is 2. The van der Waals surface area contributed by atoms with Crippen LogP contribution in [-0.4, -0.2) is 56.4 Å². The average Bonchev–Trinajstić information content (AvgIpc) is 2.96. The number of hydrogen-bond acceptors (Lipinski definition) is 7. The van der Waals surface area contributed by atoms with Crippen molar-refractivity contribution < 1.29 is 32.3 Å². The van der Waals surface area contributed by atoms with Gasteiger partial charge in [-0.1, -0.05) is 12.1 Å². The van der Waals surface area contributed by atoms with Crippen LogP contribution in [0.3, 0.4) is 0 Å². The molecule has 9 nitrogen and oxygen atoms in total. The summed E-state index contributed by atoms with van der Waals surface area (Å²) in [6, 6.07) is 7.86. The molecule has 10 heteroatoms. The number of nitrogens with one attached hydrogen (secondary N) is 1. The van der Waals surface area contributed by atoms with E-state index in [4.69, 9.17) is 9.47 Å². The van der Waals surface area contributed by atoms with Crippen molar-refractivity contribution in [2.24, 2.45) is 0 Å². The zero-order valence-electron chi connectivity index (χ0n) is 20.0. The first kappa shape index (κ1) is 25.4. The third kappa shape index (κ3) is 5.13. The van der Waals surface area contributed by atoms with Crippen molar-refractivity contribution in [1.29, 1.82) is 0 Å². The highest BCUT2D eigenvalue weighted by Crippen LogP contribution is 2.27. The summed E-state index contributed by atoms with van der Waals surface area (Å²) in [6.45, 7) is 7.60. The Morgan fingerprint density at radius 1 is 1.03 bits per heavy atom. The number of esters is 1. The van der Waals surface area contributed by atoms with Crippen LogP contribution >= 0.6 is 0 Å². The maximum atomic E-state index is 13.4. The molecular formula is C24H28N2O7S. The van der Waals surface area contributed by atoms with Crippen LogP contribution in [0, 0.1) is 13.8 Å². The van der Waals surface area contributed by atoms with Crippen LogP contribution in [0.4, 0.5) is 0 Å². The number of hydrogen-bond donors (Lipinski definition) is 1. The summed E-state index contributed by atoms with van der Waals surface area (Å²) < 4.78 is 39.7. The van der Waals surface area contributed by atoms with Gasteiger partial charge in [-0.05, 0) is 70.0 Å². The fraction of sp³-hybridized carbons (Fsp3) is 0.375. The molecule has 0 bridgehead atoms. The summed E-state index contributed by atoms with van der Waals surface area (Å²) in [6.07, 6.45) is 0. The maximum absolute atomic E-state index is 13.4. The van der Waals surface area contributed by atoms with E-state index in [-0.39, 0.29) is 16.0 Å². The molecule has 0 spiro atoms. The first-order valence-corrected chi connectivity index (χ1v) is 12.1. The van der Waals surface area contributed by atoms with Gasteiger partial charge in [-0.2, -0.15) is 4.72 Å². The van der Waals surface area contributed by atoms with Crippen LogP contribution < -0.4 is 9.46 Å². The number of nitrogens with zero attached hydrogens (tertiary/aromatic N) is 1. The van der Waals surface area contributed by atoms with E-state index in [0.29, 0.717) is 16.9 Å². The molecule has 182 valence electrons. The highest BCUT2D eigenvalue weighted by molar-refractivity contribution is 7.89. The number of aryl methyl sites for hydroxylation is 2. The third-order valence-corrected chi connectivity index (χ3v) is 6.95. The van der Waals surface area contributed by atoms with Gasteiger partial charge >= 0.3 is 5.97 Å². The van der Waals surface area contributed by atoms with Crippen molar-refractivity contribution in [2.45, 2.75) is 51.2 Å². The van der Waals surface area contributed by atoms with Crippen molar-refractivity contribution in [3.05, 3.63) is 58.7 Å². The molecule has 1 aliphatic heterocycles. The monoisotopic (exact) mass is 488 g/mol. The van der Waals surface area contributed by atoms with E-state index in [1.165, 1.54) is 19.2 Å². The van der Waals surface area contributed by atoms with E-state index >= 15 is 0 Å². The minimum absolute atomic E-state index is 0.0239. The van der Waals surface area contributed by atoms with Gasteiger partial charge in [-0.3, -0.25) is 19.3 Å². The van der Waals surface area contributed by atoms with Gasteiger partial charge in [0.05, 0.1) is 29.7 Å². The third-order valence-electron chi connectivity index (χ3n) is 5.17. The lowest BCUT2D eigenvalue weighted by Crippen LogP contribution is -2.51. The van der Waals surface area contributed by atoms with E-state index in [2.05, 4.69) is 4.72 Å². The molecule has 2 amide bonds. The number of carbonyl (C=O) groups excluding carboxylic acids is 3. The van der Waals surface area contributed by atoms with Gasteiger partial charge in [0.1, 0.15) is 17.4 Å². The molecule has 0 saturated heterocycles. The van der Waals surface area contributed by atoms with Gasteiger partial charge in [0.2, 0.25) is 10.0 Å². The van der Waals surface area contributed by atoms with Crippen LogP contribution in [0.25, 0.3) is 0 Å². The normalized spacial score (nSPS) is 14.7. The van der Waals surface area contributed by atoms with Crippen LogP contribution in [0.2, 0.25) is 0 Å². The number of imide groups is 1. The number of amides is 2. The van der Waals surface area contributed by atoms with Crippen LogP contribution in [0.5, 0.6) is 5.75 Å². The molecule has 0 saturated carbocycles. The number of fused-ring (bicyclic) bond motifs is 1. The lowest BCUT2D eigenvalue weighted by atomic mass is 10.1. The fourth-order valence-electron chi connectivity index (χ4n) is 3.82. The molecule has 1 aliphatic rings. The number of benzene rings is 2. The highest BCUT2D eigenvalue weighted by atomic mass is 32.2. The number of sulfonamides is 1. The van der Waals surface area contributed by atoms with E-state index < -0.39 is 46.0 Å². The lowest BCUT2D eigenvalue weighted by molar-refractivity contribution is -0.157. The van der Waals surface area contributed by atoms with Crippen molar-refractivity contribution in [1.82, 2.24) is 9.62 Å². The molecule has 1 N–H and O–H groups in total. The fourth-order valence-corrected chi connectivity index (χ4v) is 5.45. The van der Waals surface area contributed by atoms with Crippen LogP contribution in [-0.2, 0) is 19.6 Å². The average molecular weight is 489 g/mol. The van der Waals surface area contributed by atoms with E-state index in [0.717, 1.165) is 4.90 Å². The Balaban J connectivity index is 1.97. The maximum Gasteiger partial charge on any atom is 0.326 e. The predicted molar refractivity (Wildman–Crippen MR) is 124 cm³/mol. The minimum atomic E-state index is -4.25. The predicted octanol–water partition coefficient (Wildman–Crippen LogP) is 2.60. The standard InChI is InChI=1S/C24H28N2O7S/c1-14-11-16(32-6)12-15(2)20(14)34(30,31)25-19(23(29)33-24(3,4)5)13-26-21(27)17-9-7-8-10-18(17)22(26)28/h7-12,19,25H,13H2,1-6H3/t19-/m1/s1. The summed E-state index contributed by atoms with van der Waals surface area (Å²) >= 11 is 0. The zero-order chi connectivity index (χ0) is 25.4. The van der Waals surface area contributed by atoms with Crippen molar-refractivity contribution >= 4 is 27.8 Å². The smallest absolute Gasteiger partial charge is 0.326 e. The van der Waals surface area contributed by atoms with Gasteiger partial charge in [0.15, 0.2) is 0 Å². The van der Waals surface area contributed by atoms with Crippen LogP contribution in [0.15, 0.2) is 41.3 Å². The highest BCUT2D eigenvalue weighted by Gasteiger charge is 2.40. The number of carbonyl (C=O) groups is 3. The Morgan fingerprint density at radius 2 is 1.53 bits per heavy atom. The first-order chi connectivity index (χ1) is 15.7. The van der Waals surface area contributed by atoms with Gasteiger partial charge in [-0.15, -0.1) is 0 Å². The summed E-state index contributed by atoms with van der Waals surface area (Å²) in [4.78, 5) is 39.5. The van der Waals surface area contributed by atoms with Crippen molar-refractivity contribution in [2.75, 3.05) is 13.7 Å². The second-order valence-electron chi connectivity index (χ2n) is 9.06. The van der Waals surface area contributed by atoms with Crippen LogP contribution in [0.1, 0.15) is 52.6 Å². The molecule has 0 radical (unpaired) electrons. The second-order valence-corrected chi connectivity index (χ2v) is 10.7. The molecule has 2 aromatic rings.